The second-order valence-corrected chi connectivity index (χ2v) is 6.97. The number of aliphatic carboxylic acids is 1. The molecular weight excluding hydrogens is 286 g/mol. The first-order chi connectivity index (χ1) is 9.28. The van der Waals surface area contributed by atoms with E-state index < -0.39 is 34.2 Å². The van der Waals surface area contributed by atoms with Gasteiger partial charge in [0.1, 0.15) is 5.69 Å². The summed E-state index contributed by atoms with van der Waals surface area (Å²) in [6, 6.07) is 0.671. The molecule has 2 heterocycles. The van der Waals surface area contributed by atoms with Crippen LogP contribution in [0, 0.1) is 0 Å². The molecule has 1 aliphatic rings. The van der Waals surface area contributed by atoms with Gasteiger partial charge >= 0.3 is 5.97 Å². The Morgan fingerprint density at radius 3 is 2.75 bits per heavy atom. The van der Waals surface area contributed by atoms with Crippen LogP contribution in [-0.2, 0) is 21.7 Å². The SMILES string of the molecule is Cn1ccc(C(=O)N2CCS(=O)(=O)CC2CC(=O)O)n1. The van der Waals surface area contributed by atoms with Crippen molar-refractivity contribution < 1.29 is 23.1 Å². The number of aryl methyl sites for hydroxylation is 1. The molecule has 1 aromatic heterocycles. The van der Waals surface area contributed by atoms with Crippen molar-refractivity contribution in [2.75, 3.05) is 18.1 Å². The van der Waals surface area contributed by atoms with E-state index in [4.69, 9.17) is 5.11 Å². The Morgan fingerprint density at radius 2 is 2.20 bits per heavy atom. The van der Waals surface area contributed by atoms with Gasteiger partial charge in [0.15, 0.2) is 9.84 Å². The minimum Gasteiger partial charge on any atom is -0.481 e. The Balaban J connectivity index is 2.23. The first-order valence-electron chi connectivity index (χ1n) is 6.01. The summed E-state index contributed by atoms with van der Waals surface area (Å²) in [5.41, 5.74) is 0.183. The van der Waals surface area contributed by atoms with E-state index in [0.29, 0.717) is 0 Å². The molecule has 1 saturated heterocycles. The second-order valence-electron chi connectivity index (χ2n) is 4.74. The quantitative estimate of drug-likeness (QED) is 0.777. The van der Waals surface area contributed by atoms with E-state index in [-0.39, 0.29) is 23.7 Å². The molecule has 0 bridgehead atoms. The summed E-state index contributed by atoms with van der Waals surface area (Å²) >= 11 is 0. The van der Waals surface area contributed by atoms with Crippen molar-refractivity contribution in [3.63, 3.8) is 0 Å². The summed E-state index contributed by atoms with van der Waals surface area (Å²) < 4.78 is 24.7. The Kier molecular flexibility index (Phi) is 3.80. The molecule has 0 aliphatic carbocycles. The van der Waals surface area contributed by atoms with E-state index in [0.717, 1.165) is 0 Å². The average molecular weight is 301 g/mol. The zero-order chi connectivity index (χ0) is 14.9. The summed E-state index contributed by atoms with van der Waals surface area (Å²) in [5, 5.41) is 12.8. The highest BCUT2D eigenvalue weighted by molar-refractivity contribution is 7.91. The number of carbonyl (C=O) groups is 2. The first-order valence-corrected chi connectivity index (χ1v) is 7.83. The number of carboxylic acid groups (broad SMARTS) is 1. The zero-order valence-electron chi connectivity index (χ0n) is 10.9. The maximum Gasteiger partial charge on any atom is 0.305 e. The van der Waals surface area contributed by atoms with Crippen molar-refractivity contribution in [1.82, 2.24) is 14.7 Å². The third-order valence-corrected chi connectivity index (χ3v) is 4.83. The van der Waals surface area contributed by atoms with Crippen molar-refractivity contribution in [2.24, 2.45) is 7.05 Å². The number of hydrogen-bond acceptors (Lipinski definition) is 5. The number of carbonyl (C=O) groups excluding carboxylic acids is 1. The van der Waals surface area contributed by atoms with Gasteiger partial charge in [-0.05, 0) is 6.07 Å². The van der Waals surface area contributed by atoms with E-state index in [1.807, 2.05) is 0 Å². The van der Waals surface area contributed by atoms with E-state index in [1.165, 1.54) is 15.6 Å². The van der Waals surface area contributed by atoms with Crippen LogP contribution in [0.25, 0.3) is 0 Å². The Morgan fingerprint density at radius 1 is 1.50 bits per heavy atom. The lowest BCUT2D eigenvalue weighted by Crippen LogP contribution is -2.52. The zero-order valence-corrected chi connectivity index (χ0v) is 11.7. The summed E-state index contributed by atoms with van der Waals surface area (Å²) in [5.74, 6) is -2.04. The van der Waals surface area contributed by atoms with Crippen molar-refractivity contribution in [1.29, 1.82) is 0 Å². The molecule has 0 saturated carbocycles. The molecule has 2 rings (SSSR count). The molecule has 110 valence electrons. The van der Waals surface area contributed by atoms with Crippen LogP contribution in [0.3, 0.4) is 0 Å². The summed E-state index contributed by atoms with van der Waals surface area (Å²) in [4.78, 5) is 24.4. The lowest BCUT2D eigenvalue weighted by molar-refractivity contribution is -0.138. The number of amides is 1. The van der Waals surface area contributed by atoms with Gasteiger partial charge in [-0.3, -0.25) is 14.3 Å². The molecule has 1 atom stereocenters. The third-order valence-electron chi connectivity index (χ3n) is 3.13. The Hall–Kier alpha value is -1.90. The highest BCUT2D eigenvalue weighted by Gasteiger charge is 2.36. The standard InChI is InChI=1S/C11H15N3O5S/c1-13-3-2-9(12-13)11(17)14-4-5-20(18,19)7-8(14)6-10(15)16/h2-3,8H,4-7H2,1H3,(H,15,16). The molecule has 1 unspecified atom stereocenters. The number of hydrogen-bond donors (Lipinski definition) is 1. The van der Waals surface area contributed by atoms with Gasteiger partial charge in [0, 0.05) is 19.8 Å². The average Bonchev–Trinajstić information content (AvgIpc) is 2.73. The minimum absolute atomic E-state index is 0.00428. The fraction of sp³-hybridized carbons (Fsp3) is 0.545. The molecule has 0 radical (unpaired) electrons. The van der Waals surface area contributed by atoms with Gasteiger partial charge in [-0.1, -0.05) is 0 Å². The van der Waals surface area contributed by atoms with Crippen molar-refractivity contribution >= 4 is 21.7 Å². The Bertz CT molecular complexity index is 636. The van der Waals surface area contributed by atoms with E-state index in [2.05, 4.69) is 5.10 Å². The van der Waals surface area contributed by atoms with Crippen LogP contribution in [0.4, 0.5) is 0 Å². The van der Waals surface area contributed by atoms with E-state index in [9.17, 15) is 18.0 Å². The van der Waals surface area contributed by atoms with E-state index >= 15 is 0 Å². The van der Waals surface area contributed by atoms with Gasteiger partial charge < -0.3 is 10.0 Å². The lowest BCUT2D eigenvalue weighted by Gasteiger charge is -2.34. The van der Waals surface area contributed by atoms with Crippen molar-refractivity contribution in [3.8, 4) is 0 Å². The van der Waals surface area contributed by atoms with Crippen LogP contribution in [0.15, 0.2) is 12.3 Å². The molecule has 1 aromatic rings. The van der Waals surface area contributed by atoms with Crippen molar-refractivity contribution in [3.05, 3.63) is 18.0 Å². The second kappa shape index (κ2) is 5.23. The molecule has 0 aromatic carbocycles. The van der Waals surface area contributed by atoms with Gasteiger partial charge in [-0.15, -0.1) is 0 Å². The molecule has 1 fully saturated rings. The fourth-order valence-corrected chi connectivity index (χ4v) is 3.73. The van der Waals surface area contributed by atoms with Gasteiger partial charge in [0.05, 0.1) is 24.0 Å². The molecule has 0 spiro atoms. The molecule has 1 amide bonds. The van der Waals surface area contributed by atoms with Crippen LogP contribution in [-0.4, -0.2) is 64.2 Å². The van der Waals surface area contributed by atoms with Gasteiger partial charge in [0.2, 0.25) is 0 Å². The smallest absolute Gasteiger partial charge is 0.305 e. The normalized spacial score (nSPS) is 21.6. The lowest BCUT2D eigenvalue weighted by atomic mass is 10.2. The summed E-state index contributed by atoms with van der Waals surface area (Å²) in [6.07, 6.45) is 1.21. The van der Waals surface area contributed by atoms with Crippen LogP contribution in [0.2, 0.25) is 0 Å². The summed E-state index contributed by atoms with van der Waals surface area (Å²) in [6.45, 7) is -0.00428. The number of aromatic nitrogens is 2. The third kappa shape index (κ3) is 3.16. The van der Waals surface area contributed by atoms with Gasteiger partial charge in [-0.2, -0.15) is 5.10 Å². The number of nitrogens with zero attached hydrogens (tertiary/aromatic N) is 3. The largest absolute Gasteiger partial charge is 0.481 e. The van der Waals surface area contributed by atoms with Gasteiger partial charge in [-0.25, -0.2) is 8.42 Å². The van der Waals surface area contributed by atoms with Crippen LogP contribution >= 0.6 is 0 Å². The Labute approximate surface area is 115 Å². The van der Waals surface area contributed by atoms with Crippen LogP contribution in [0.5, 0.6) is 0 Å². The maximum atomic E-state index is 12.3. The number of carboxylic acids is 1. The number of rotatable bonds is 3. The minimum atomic E-state index is -3.30. The predicted molar refractivity (Wildman–Crippen MR) is 68.9 cm³/mol. The summed E-state index contributed by atoms with van der Waals surface area (Å²) in [7, 11) is -1.64. The van der Waals surface area contributed by atoms with E-state index in [1.54, 1.807) is 13.2 Å². The van der Waals surface area contributed by atoms with Crippen molar-refractivity contribution in [2.45, 2.75) is 12.5 Å². The molecule has 1 aliphatic heterocycles. The van der Waals surface area contributed by atoms with Crippen LogP contribution in [0.1, 0.15) is 16.9 Å². The number of sulfone groups is 1. The fourth-order valence-electron chi connectivity index (χ4n) is 2.20. The molecular formula is C11H15N3O5S. The maximum absolute atomic E-state index is 12.3. The topological polar surface area (TPSA) is 110 Å². The predicted octanol–water partition coefficient (Wildman–Crippen LogP) is -0.866. The highest BCUT2D eigenvalue weighted by Crippen LogP contribution is 2.17. The first kappa shape index (κ1) is 14.5. The molecule has 9 heteroatoms. The monoisotopic (exact) mass is 301 g/mol. The van der Waals surface area contributed by atoms with Gasteiger partial charge in [0.25, 0.3) is 5.91 Å². The molecule has 20 heavy (non-hydrogen) atoms. The highest BCUT2D eigenvalue weighted by atomic mass is 32.2. The van der Waals surface area contributed by atoms with Crippen LogP contribution < -0.4 is 0 Å². The molecule has 8 nitrogen and oxygen atoms in total. The molecule has 1 N–H and O–H groups in total.